The summed E-state index contributed by atoms with van der Waals surface area (Å²) in [5, 5.41) is 7.76. The molecule has 5 rings (SSSR count). The highest BCUT2D eigenvalue weighted by Gasteiger charge is 2.25. The minimum Gasteiger partial charge on any atom is -0.326 e. The first-order valence-electron chi connectivity index (χ1n) is 9.93. The van der Waals surface area contributed by atoms with Crippen molar-refractivity contribution in [2.45, 2.75) is 33.4 Å². The maximum absolute atomic E-state index is 12.7. The van der Waals surface area contributed by atoms with Gasteiger partial charge >= 0.3 is 0 Å². The van der Waals surface area contributed by atoms with E-state index in [-0.39, 0.29) is 11.7 Å². The number of nitrogens with zero attached hydrogens (tertiary/aromatic N) is 5. The zero-order chi connectivity index (χ0) is 20.7. The molecule has 1 unspecified atom stereocenters. The highest BCUT2D eigenvalue weighted by Crippen LogP contribution is 2.24. The van der Waals surface area contributed by atoms with Gasteiger partial charge in [-0.15, -0.1) is 5.10 Å². The van der Waals surface area contributed by atoms with E-state index in [1.807, 2.05) is 26.0 Å². The molecule has 152 valence electrons. The number of carbonyl (C=O) groups is 1. The summed E-state index contributed by atoms with van der Waals surface area (Å²) in [5.74, 6) is 0.161. The van der Waals surface area contributed by atoms with Gasteiger partial charge in [0.25, 0.3) is 11.7 Å². The van der Waals surface area contributed by atoms with Crippen LogP contribution in [-0.2, 0) is 19.5 Å². The number of anilines is 1. The van der Waals surface area contributed by atoms with E-state index in [0.29, 0.717) is 10.9 Å². The molecule has 0 fully saturated rings. The molecule has 4 heterocycles. The topological polar surface area (TPSA) is 89.5 Å². The number of carbonyl (C=O) groups excluding carboxylic acids is 1. The summed E-state index contributed by atoms with van der Waals surface area (Å²) >= 11 is 1.54. The molecule has 3 aromatic heterocycles. The number of hydrogen-bond donors (Lipinski definition) is 2. The molecule has 0 radical (unpaired) electrons. The third-order valence-corrected chi connectivity index (χ3v) is 6.26. The molecule has 1 amide bonds. The Kier molecular flexibility index (Phi) is 4.76. The fourth-order valence-electron chi connectivity index (χ4n) is 3.83. The lowest BCUT2D eigenvalue weighted by molar-refractivity contribution is -0.929. The van der Waals surface area contributed by atoms with Gasteiger partial charge in [0, 0.05) is 23.4 Å². The van der Waals surface area contributed by atoms with Crippen LogP contribution in [0.15, 0.2) is 36.4 Å². The van der Waals surface area contributed by atoms with E-state index in [1.165, 1.54) is 15.3 Å². The average Bonchev–Trinajstić information content (AvgIpc) is 3.32. The van der Waals surface area contributed by atoms with Gasteiger partial charge in [-0.2, -0.15) is 4.98 Å². The number of fused-ring (bicyclic) bond motifs is 2. The first-order valence-corrected chi connectivity index (χ1v) is 10.8. The molecular formula is C21H22N7OS+. The molecule has 0 spiro atoms. The Morgan fingerprint density at radius 1 is 1.20 bits per heavy atom. The first kappa shape index (κ1) is 18.8. The van der Waals surface area contributed by atoms with Gasteiger partial charge in [0.15, 0.2) is 5.13 Å². The lowest BCUT2D eigenvalue weighted by Crippen LogP contribution is -3.10. The van der Waals surface area contributed by atoms with Crippen molar-refractivity contribution < 1.29 is 9.69 Å². The number of benzene rings is 1. The number of rotatable bonds is 4. The summed E-state index contributed by atoms with van der Waals surface area (Å²) < 4.78 is 1.58. The van der Waals surface area contributed by atoms with Crippen LogP contribution in [0.3, 0.4) is 0 Å². The number of aryl methyl sites for hydroxylation is 2. The van der Waals surface area contributed by atoms with E-state index < -0.39 is 0 Å². The van der Waals surface area contributed by atoms with Gasteiger partial charge in [0.05, 0.1) is 17.1 Å². The predicted octanol–water partition coefficient (Wildman–Crippen LogP) is 1.59. The van der Waals surface area contributed by atoms with Crippen LogP contribution in [0.1, 0.15) is 38.1 Å². The molecule has 4 aromatic rings. The zero-order valence-corrected chi connectivity index (χ0v) is 17.7. The van der Waals surface area contributed by atoms with Gasteiger partial charge in [-0.3, -0.25) is 10.1 Å². The number of aromatic nitrogens is 5. The summed E-state index contributed by atoms with van der Waals surface area (Å²) in [6, 6.07) is 12.4. The molecule has 0 saturated carbocycles. The van der Waals surface area contributed by atoms with E-state index in [2.05, 4.69) is 49.6 Å². The van der Waals surface area contributed by atoms with Crippen molar-refractivity contribution in [2.75, 3.05) is 11.9 Å². The molecule has 0 aliphatic carbocycles. The van der Waals surface area contributed by atoms with Crippen LogP contribution in [0, 0.1) is 13.8 Å². The van der Waals surface area contributed by atoms with Crippen molar-refractivity contribution in [1.29, 1.82) is 0 Å². The van der Waals surface area contributed by atoms with Crippen molar-refractivity contribution in [1.82, 2.24) is 24.6 Å². The highest BCUT2D eigenvalue weighted by atomic mass is 32.1. The molecule has 0 bridgehead atoms. The highest BCUT2D eigenvalue weighted by molar-refractivity contribution is 7.15. The van der Waals surface area contributed by atoms with Gasteiger partial charge < -0.3 is 4.90 Å². The van der Waals surface area contributed by atoms with Gasteiger partial charge in [-0.1, -0.05) is 41.7 Å². The van der Waals surface area contributed by atoms with Crippen molar-refractivity contribution in [2.24, 2.45) is 0 Å². The lowest BCUT2D eigenvalue weighted by atomic mass is 10.1. The number of hydrogen-bond acceptors (Lipinski definition) is 6. The minimum atomic E-state index is -0.364. The van der Waals surface area contributed by atoms with Crippen LogP contribution in [0.4, 0.5) is 5.13 Å². The molecular weight excluding hydrogens is 398 g/mol. The maximum atomic E-state index is 12.7. The molecule has 2 N–H and O–H groups in total. The van der Waals surface area contributed by atoms with E-state index in [0.717, 1.165) is 43.1 Å². The third kappa shape index (κ3) is 3.69. The second kappa shape index (κ2) is 7.58. The van der Waals surface area contributed by atoms with Crippen molar-refractivity contribution in [3.8, 4) is 0 Å². The standard InChI is InChI=1S/C21H21N7OS/c1-13-10-14(2)28-20(22-13)24-18(26-28)19(29)25-21-23-16-8-9-27(12-17(16)30-21)11-15-6-4-3-5-7-15/h3-7,10H,8-9,11-12H2,1-2H3,(H,23,25,29)/p+1. The van der Waals surface area contributed by atoms with Crippen molar-refractivity contribution in [3.05, 3.63) is 69.7 Å². The first-order chi connectivity index (χ1) is 14.5. The fourth-order valence-corrected chi connectivity index (χ4v) is 4.91. The number of amides is 1. The Morgan fingerprint density at radius 2 is 2.03 bits per heavy atom. The lowest BCUT2D eigenvalue weighted by Gasteiger charge is -2.22. The number of nitrogens with one attached hydrogen (secondary N) is 2. The molecule has 1 aliphatic rings. The quantitative estimate of drug-likeness (QED) is 0.523. The second-order valence-electron chi connectivity index (χ2n) is 7.62. The summed E-state index contributed by atoms with van der Waals surface area (Å²) in [4.78, 5) is 28.7. The summed E-state index contributed by atoms with van der Waals surface area (Å²) in [6.45, 7) is 6.77. The largest absolute Gasteiger partial charge is 0.326 e. The Morgan fingerprint density at radius 3 is 2.87 bits per heavy atom. The summed E-state index contributed by atoms with van der Waals surface area (Å²) in [7, 11) is 0. The van der Waals surface area contributed by atoms with Crippen LogP contribution >= 0.6 is 11.3 Å². The Bertz CT molecular complexity index is 1230. The van der Waals surface area contributed by atoms with Crippen LogP contribution in [-0.4, -0.2) is 37.0 Å². The average molecular weight is 421 g/mol. The summed E-state index contributed by atoms with van der Waals surface area (Å²) in [5.41, 5.74) is 4.15. The van der Waals surface area contributed by atoms with Crippen LogP contribution < -0.4 is 10.2 Å². The van der Waals surface area contributed by atoms with Gasteiger partial charge in [0.2, 0.25) is 5.82 Å². The monoisotopic (exact) mass is 420 g/mol. The van der Waals surface area contributed by atoms with Gasteiger partial charge in [-0.05, 0) is 19.9 Å². The van der Waals surface area contributed by atoms with Crippen molar-refractivity contribution in [3.63, 3.8) is 0 Å². The normalized spacial score (nSPS) is 15.9. The van der Waals surface area contributed by atoms with Gasteiger partial charge in [0.1, 0.15) is 13.1 Å². The second-order valence-corrected chi connectivity index (χ2v) is 8.70. The molecule has 0 saturated heterocycles. The molecule has 1 atom stereocenters. The fraction of sp³-hybridized carbons (Fsp3) is 0.286. The maximum Gasteiger partial charge on any atom is 0.297 e. The van der Waals surface area contributed by atoms with Crippen LogP contribution in [0.25, 0.3) is 5.78 Å². The van der Waals surface area contributed by atoms with E-state index in [4.69, 9.17) is 0 Å². The molecule has 1 aliphatic heterocycles. The molecule has 30 heavy (non-hydrogen) atoms. The molecule has 1 aromatic carbocycles. The predicted molar refractivity (Wildman–Crippen MR) is 114 cm³/mol. The van der Waals surface area contributed by atoms with Crippen molar-refractivity contribution >= 4 is 28.2 Å². The van der Waals surface area contributed by atoms with Crippen LogP contribution in [0.2, 0.25) is 0 Å². The number of thiazole rings is 1. The Hall–Kier alpha value is -3.17. The van der Waals surface area contributed by atoms with E-state index in [1.54, 1.807) is 15.9 Å². The SMILES string of the molecule is Cc1cc(C)n2nc(C(=O)Nc3nc4c(s3)C[NH+](Cc3ccccc3)CC4)nc2n1. The van der Waals surface area contributed by atoms with Crippen LogP contribution in [0.5, 0.6) is 0 Å². The molecule has 9 heteroatoms. The summed E-state index contributed by atoms with van der Waals surface area (Å²) in [6.07, 6.45) is 0.916. The Labute approximate surface area is 177 Å². The third-order valence-electron chi connectivity index (χ3n) is 5.24. The van der Waals surface area contributed by atoms with E-state index in [9.17, 15) is 4.79 Å². The molecule has 8 nitrogen and oxygen atoms in total. The smallest absolute Gasteiger partial charge is 0.297 e. The minimum absolute atomic E-state index is 0.0979. The van der Waals surface area contributed by atoms with E-state index >= 15 is 0 Å². The number of quaternary nitrogens is 1. The van der Waals surface area contributed by atoms with Gasteiger partial charge in [-0.25, -0.2) is 14.5 Å². The zero-order valence-electron chi connectivity index (χ0n) is 16.8. The Balaban J connectivity index is 1.30.